The first-order valence-corrected chi connectivity index (χ1v) is 5.44. The van der Waals surface area contributed by atoms with Crippen LogP contribution < -0.4 is 9.47 Å². The maximum Gasteiger partial charge on any atom is 0.314 e. The first kappa shape index (κ1) is 12.6. The van der Waals surface area contributed by atoms with Crippen molar-refractivity contribution < 1.29 is 14.3 Å². The molecule has 0 aliphatic carbocycles. The quantitative estimate of drug-likeness (QED) is 0.580. The van der Waals surface area contributed by atoms with E-state index in [9.17, 15) is 4.79 Å². The summed E-state index contributed by atoms with van der Waals surface area (Å²) in [6, 6.07) is 5.39. The van der Waals surface area contributed by atoms with Crippen molar-refractivity contribution in [3.63, 3.8) is 0 Å². The standard InChI is InChI=1S/C13H18O3/c1-5-9(2)13(14)16-12-7-6-11(15-4)8-10(12)3/h6-9H,5H2,1-4H3/t9-/m0/s1. The van der Waals surface area contributed by atoms with E-state index in [1.54, 1.807) is 19.2 Å². The molecule has 0 aliphatic rings. The molecule has 0 N–H and O–H groups in total. The molecule has 0 fully saturated rings. The summed E-state index contributed by atoms with van der Waals surface area (Å²) in [5, 5.41) is 0. The van der Waals surface area contributed by atoms with Crippen LogP contribution in [0.25, 0.3) is 0 Å². The van der Waals surface area contributed by atoms with E-state index in [1.807, 2.05) is 26.8 Å². The summed E-state index contributed by atoms with van der Waals surface area (Å²) in [5.74, 6) is 1.12. The number of rotatable bonds is 4. The number of hydrogen-bond donors (Lipinski definition) is 0. The highest BCUT2D eigenvalue weighted by Gasteiger charge is 2.14. The third kappa shape index (κ3) is 2.99. The monoisotopic (exact) mass is 222 g/mol. The third-order valence-corrected chi connectivity index (χ3v) is 2.61. The van der Waals surface area contributed by atoms with E-state index in [4.69, 9.17) is 9.47 Å². The van der Waals surface area contributed by atoms with Gasteiger partial charge in [-0.05, 0) is 37.1 Å². The molecule has 16 heavy (non-hydrogen) atoms. The van der Waals surface area contributed by atoms with Crippen molar-refractivity contribution in [1.29, 1.82) is 0 Å². The molecule has 0 heterocycles. The largest absolute Gasteiger partial charge is 0.497 e. The van der Waals surface area contributed by atoms with Gasteiger partial charge in [-0.1, -0.05) is 13.8 Å². The minimum atomic E-state index is -0.184. The summed E-state index contributed by atoms with van der Waals surface area (Å²) >= 11 is 0. The number of benzene rings is 1. The first-order chi connectivity index (χ1) is 7.58. The molecule has 0 aliphatic heterocycles. The molecule has 1 atom stereocenters. The van der Waals surface area contributed by atoms with E-state index in [0.717, 1.165) is 17.7 Å². The van der Waals surface area contributed by atoms with E-state index in [2.05, 4.69) is 0 Å². The fourth-order valence-corrected chi connectivity index (χ4v) is 1.24. The van der Waals surface area contributed by atoms with Crippen LogP contribution in [0.3, 0.4) is 0 Å². The van der Waals surface area contributed by atoms with Gasteiger partial charge in [-0.3, -0.25) is 4.79 Å². The molecule has 0 bridgehead atoms. The van der Waals surface area contributed by atoms with Crippen molar-refractivity contribution in [3.8, 4) is 11.5 Å². The lowest BCUT2D eigenvalue weighted by Gasteiger charge is -2.11. The van der Waals surface area contributed by atoms with Crippen LogP contribution in [0.2, 0.25) is 0 Å². The van der Waals surface area contributed by atoms with Crippen molar-refractivity contribution in [2.75, 3.05) is 7.11 Å². The van der Waals surface area contributed by atoms with Crippen molar-refractivity contribution in [2.45, 2.75) is 27.2 Å². The Kier molecular flexibility index (Phi) is 4.35. The molecule has 0 saturated heterocycles. The van der Waals surface area contributed by atoms with Crippen LogP contribution in [0.5, 0.6) is 11.5 Å². The number of ether oxygens (including phenoxy) is 2. The highest BCUT2D eigenvalue weighted by molar-refractivity contribution is 5.75. The van der Waals surface area contributed by atoms with Crippen LogP contribution in [0.1, 0.15) is 25.8 Å². The lowest BCUT2D eigenvalue weighted by Crippen LogP contribution is -2.17. The number of aryl methyl sites for hydroxylation is 1. The molecule has 1 aromatic rings. The summed E-state index contributed by atoms with van der Waals surface area (Å²) in [4.78, 5) is 11.6. The van der Waals surface area contributed by atoms with E-state index in [-0.39, 0.29) is 11.9 Å². The Bertz CT molecular complexity index is 371. The number of carbonyl (C=O) groups excluding carboxylic acids is 1. The zero-order valence-electron chi connectivity index (χ0n) is 10.2. The SMILES string of the molecule is CC[C@H](C)C(=O)Oc1ccc(OC)cc1C. The highest BCUT2D eigenvalue weighted by Crippen LogP contribution is 2.24. The molecule has 3 heteroatoms. The predicted molar refractivity (Wildman–Crippen MR) is 62.8 cm³/mol. The summed E-state index contributed by atoms with van der Waals surface area (Å²) in [6.45, 7) is 5.72. The maximum absolute atomic E-state index is 11.6. The van der Waals surface area contributed by atoms with Crippen LogP contribution >= 0.6 is 0 Å². The summed E-state index contributed by atoms with van der Waals surface area (Å²) in [7, 11) is 1.61. The molecule has 0 aromatic heterocycles. The molecular formula is C13H18O3. The van der Waals surface area contributed by atoms with Crippen molar-refractivity contribution >= 4 is 5.97 Å². The second kappa shape index (κ2) is 5.54. The van der Waals surface area contributed by atoms with Gasteiger partial charge in [0.15, 0.2) is 0 Å². The van der Waals surface area contributed by atoms with Gasteiger partial charge >= 0.3 is 5.97 Å². The van der Waals surface area contributed by atoms with E-state index >= 15 is 0 Å². The Morgan fingerprint density at radius 2 is 2.12 bits per heavy atom. The van der Waals surface area contributed by atoms with Gasteiger partial charge in [-0.25, -0.2) is 0 Å². The van der Waals surface area contributed by atoms with Gasteiger partial charge in [0.25, 0.3) is 0 Å². The smallest absolute Gasteiger partial charge is 0.314 e. The fourth-order valence-electron chi connectivity index (χ4n) is 1.24. The Labute approximate surface area is 96.4 Å². The van der Waals surface area contributed by atoms with E-state index in [0.29, 0.717) is 5.75 Å². The van der Waals surface area contributed by atoms with Gasteiger partial charge in [0.1, 0.15) is 11.5 Å². The molecule has 3 nitrogen and oxygen atoms in total. The number of carbonyl (C=O) groups is 1. The molecular weight excluding hydrogens is 204 g/mol. The molecule has 0 amide bonds. The summed E-state index contributed by atoms with van der Waals surface area (Å²) < 4.78 is 10.4. The second-order valence-electron chi connectivity index (χ2n) is 3.86. The van der Waals surface area contributed by atoms with Gasteiger partial charge in [-0.15, -0.1) is 0 Å². The molecule has 1 aromatic carbocycles. The molecule has 0 spiro atoms. The minimum Gasteiger partial charge on any atom is -0.497 e. The Hall–Kier alpha value is -1.51. The first-order valence-electron chi connectivity index (χ1n) is 5.44. The third-order valence-electron chi connectivity index (χ3n) is 2.61. The van der Waals surface area contributed by atoms with E-state index in [1.165, 1.54) is 0 Å². The zero-order chi connectivity index (χ0) is 12.1. The van der Waals surface area contributed by atoms with Crippen molar-refractivity contribution in [3.05, 3.63) is 23.8 Å². The normalized spacial score (nSPS) is 12.0. The van der Waals surface area contributed by atoms with Gasteiger partial charge < -0.3 is 9.47 Å². The van der Waals surface area contributed by atoms with Crippen LogP contribution in [0.15, 0.2) is 18.2 Å². The lowest BCUT2D eigenvalue weighted by molar-refractivity contribution is -0.138. The molecule has 0 radical (unpaired) electrons. The van der Waals surface area contributed by atoms with Gasteiger partial charge in [0, 0.05) is 0 Å². The molecule has 88 valence electrons. The average molecular weight is 222 g/mol. The average Bonchev–Trinajstić information content (AvgIpc) is 2.30. The van der Waals surface area contributed by atoms with Crippen LogP contribution in [0.4, 0.5) is 0 Å². The Balaban J connectivity index is 2.78. The Morgan fingerprint density at radius 3 is 2.62 bits per heavy atom. The molecule has 0 unspecified atom stereocenters. The maximum atomic E-state index is 11.6. The highest BCUT2D eigenvalue weighted by atomic mass is 16.5. The second-order valence-corrected chi connectivity index (χ2v) is 3.86. The van der Waals surface area contributed by atoms with Crippen molar-refractivity contribution in [2.24, 2.45) is 5.92 Å². The van der Waals surface area contributed by atoms with Crippen LogP contribution in [0, 0.1) is 12.8 Å². The Morgan fingerprint density at radius 1 is 1.44 bits per heavy atom. The number of methoxy groups -OCH3 is 1. The number of hydrogen-bond acceptors (Lipinski definition) is 3. The van der Waals surface area contributed by atoms with Gasteiger partial charge in [0.05, 0.1) is 13.0 Å². The topological polar surface area (TPSA) is 35.5 Å². The molecule has 1 rings (SSSR count). The van der Waals surface area contributed by atoms with Crippen LogP contribution in [-0.4, -0.2) is 13.1 Å². The fraction of sp³-hybridized carbons (Fsp3) is 0.462. The van der Waals surface area contributed by atoms with Gasteiger partial charge in [-0.2, -0.15) is 0 Å². The molecule has 0 saturated carbocycles. The minimum absolute atomic E-state index is 0.0681. The summed E-state index contributed by atoms with van der Waals surface area (Å²) in [5.41, 5.74) is 0.899. The zero-order valence-corrected chi connectivity index (χ0v) is 10.2. The van der Waals surface area contributed by atoms with E-state index < -0.39 is 0 Å². The number of esters is 1. The van der Waals surface area contributed by atoms with Crippen LogP contribution in [-0.2, 0) is 4.79 Å². The predicted octanol–water partition coefficient (Wildman–Crippen LogP) is 2.96. The summed E-state index contributed by atoms with van der Waals surface area (Å²) in [6.07, 6.45) is 0.786. The lowest BCUT2D eigenvalue weighted by atomic mass is 10.1. The van der Waals surface area contributed by atoms with Gasteiger partial charge in [0.2, 0.25) is 0 Å². The van der Waals surface area contributed by atoms with Crippen molar-refractivity contribution in [1.82, 2.24) is 0 Å².